The van der Waals surface area contributed by atoms with Crippen molar-refractivity contribution in [1.29, 1.82) is 0 Å². The van der Waals surface area contributed by atoms with Crippen molar-refractivity contribution in [3.63, 3.8) is 0 Å². The number of hydrogen-bond donors (Lipinski definition) is 1. The van der Waals surface area contributed by atoms with Crippen molar-refractivity contribution in [3.05, 3.63) is 28.6 Å². The van der Waals surface area contributed by atoms with Crippen LogP contribution in [0.2, 0.25) is 0 Å². The topological polar surface area (TPSA) is 69.6 Å². The van der Waals surface area contributed by atoms with Crippen LogP contribution in [0.15, 0.2) is 22.9 Å². The fourth-order valence-electron chi connectivity index (χ4n) is 1.44. The number of carbonyl (C=O) groups is 1. The highest BCUT2D eigenvalue weighted by atomic mass is 79.9. The SMILES string of the molecule is COC(=O)Cc1cn2cc(Br)cc(N)c2n1. The van der Waals surface area contributed by atoms with Crippen LogP contribution in [0.25, 0.3) is 5.65 Å². The summed E-state index contributed by atoms with van der Waals surface area (Å²) in [4.78, 5) is 15.4. The highest BCUT2D eigenvalue weighted by Crippen LogP contribution is 2.19. The number of carbonyl (C=O) groups excluding carboxylic acids is 1. The van der Waals surface area contributed by atoms with E-state index in [0.29, 0.717) is 17.0 Å². The number of hydrogen-bond acceptors (Lipinski definition) is 4. The Bertz CT molecular complexity index is 550. The minimum atomic E-state index is -0.318. The zero-order chi connectivity index (χ0) is 11.7. The highest BCUT2D eigenvalue weighted by molar-refractivity contribution is 9.10. The van der Waals surface area contributed by atoms with Crippen molar-refractivity contribution in [2.24, 2.45) is 0 Å². The second kappa shape index (κ2) is 4.13. The van der Waals surface area contributed by atoms with Crippen LogP contribution in [0.5, 0.6) is 0 Å². The van der Waals surface area contributed by atoms with Crippen LogP contribution in [0.1, 0.15) is 5.69 Å². The molecule has 0 radical (unpaired) electrons. The van der Waals surface area contributed by atoms with E-state index >= 15 is 0 Å². The Morgan fingerprint density at radius 3 is 3.06 bits per heavy atom. The molecule has 2 aromatic heterocycles. The maximum Gasteiger partial charge on any atom is 0.311 e. The van der Waals surface area contributed by atoms with Crippen molar-refractivity contribution in [2.45, 2.75) is 6.42 Å². The molecule has 0 unspecified atom stereocenters. The van der Waals surface area contributed by atoms with Crippen LogP contribution >= 0.6 is 15.9 Å². The number of nitrogen functional groups attached to an aromatic ring is 1. The van der Waals surface area contributed by atoms with Crippen LogP contribution in [0.4, 0.5) is 5.69 Å². The van der Waals surface area contributed by atoms with Gasteiger partial charge >= 0.3 is 5.97 Å². The summed E-state index contributed by atoms with van der Waals surface area (Å²) in [7, 11) is 1.35. The molecule has 0 spiro atoms. The second-order valence-electron chi connectivity index (χ2n) is 3.33. The Kier molecular flexibility index (Phi) is 2.82. The number of anilines is 1. The summed E-state index contributed by atoms with van der Waals surface area (Å²) in [6.07, 6.45) is 3.74. The predicted molar refractivity (Wildman–Crippen MR) is 63.0 cm³/mol. The fraction of sp³-hybridized carbons (Fsp3) is 0.200. The zero-order valence-electron chi connectivity index (χ0n) is 8.61. The molecule has 0 bridgehead atoms. The molecule has 5 nitrogen and oxygen atoms in total. The van der Waals surface area contributed by atoms with Gasteiger partial charge in [0, 0.05) is 16.9 Å². The van der Waals surface area contributed by atoms with E-state index in [2.05, 4.69) is 25.7 Å². The van der Waals surface area contributed by atoms with Crippen molar-refractivity contribution in [3.8, 4) is 0 Å². The molecule has 2 rings (SSSR count). The molecule has 0 atom stereocenters. The number of aromatic nitrogens is 2. The first-order valence-electron chi connectivity index (χ1n) is 4.59. The van der Waals surface area contributed by atoms with Crippen molar-refractivity contribution < 1.29 is 9.53 Å². The summed E-state index contributed by atoms with van der Waals surface area (Å²) >= 11 is 3.34. The summed E-state index contributed by atoms with van der Waals surface area (Å²) in [5.74, 6) is -0.318. The van der Waals surface area contributed by atoms with E-state index in [4.69, 9.17) is 5.73 Å². The molecule has 0 aromatic carbocycles. The van der Waals surface area contributed by atoms with Gasteiger partial charge in [-0.15, -0.1) is 0 Å². The lowest BCUT2D eigenvalue weighted by molar-refractivity contribution is -0.139. The third-order valence-corrected chi connectivity index (χ3v) is 2.58. The number of halogens is 1. The molecule has 0 aliphatic heterocycles. The predicted octanol–water partition coefficient (Wildman–Crippen LogP) is 1.39. The summed E-state index contributed by atoms with van der Waals surface area (Å²) in [5, 5.41) is 0. The standard InChI is InChI=1S/C10H10BrN3O2/c1-16-9(15)3-7-5-14-4-6(11)2-8(12)10(14)13-7/h2,4-5H,3,12H2,1H3. The summed E-state index contributed by atoms with van der Waals surface area (Å²) in [6.45, 7) is 0. The lowest BCUT2D eigenvalue weighted by Gasteiger charge is -1.97. The molecule has 0 saturated heterocycles. The lowest BCUT2D eigenvalue weighted by atomic mass is 10.3. The molecule has 2 aromatic rings. The third-order valence-electron chi connectivity index (χ3n) is 2.15. The van der Waals surface area contributed by atoms with Crippen LogP contribution in [-0.4, -0.2) is 22.5 Å². The summed E-state index contributed by atoms with van der Waals surface area (Å²) in [5.41, 5.74) is 7.64. The summed E-state index contributed by atoms with van der Waals surface area (Å²) in [6, 6.07) is 1.77. The number of esters is 1. The van der Waals surface area contributed by atoms with Crippen molar-refractivity contribution in [2.75, 3.05) is 12.8 Å². The van der Waals surface area contributed by atoms with E-state index in [-0.39, 0.29) is 12.4 Å². The van der Waals surface area contributed by atoms with Crippen LogP contribution in [0.3, 0.4) is 0 Å². The van der Waals surface area contributed by atoms with E-state index in [9.17, 15) is 4.79 Å². The molecule has 0 aliphatic carbocycles. The van der Waals surface area contributed by atoms with Gasteiger partial charge in [0.1, 0.15) is 0 Å². The molecule has 84 valence electrons. The van der Waals surface area contributed by atoms with Gasteiger partial charge in [-0.1, -0.05) is 0 Å². The van der Waals surface area contributed by atoms with E-state index < -0.39 is 0 Å². The second-order valence-corrected chi connectivity index (χ2v) is 4.25. The molecular weight excluding hydrogens is 274 g/mol. The average molecular weight is 284 g/mol. The molecule has 6 heteroatoms. The van der Waals surface area contributed by atoms with Gasteiger partial charge in [-0.05, 0) is 22.0 Å². The minimum absolute atomic E-state index is 0.148. The molecule has 16 heavy (non-hydrogen) atoms. The zero-order valence-corrected chi connectivity index (χ0v) is 10.2. The van der Waals surface area contributed by atoms with Gasteiger partial charge in [0.25, 0.3) is 0 Å². The van der Waals surface area contributed by atoms with E-state index in [0.717, 1.165) is 4.47 Å². The van der Waals surface area contributed by atoms with Gasteiger partial charge in [-0.25, -0.2) is 4.98 Å². The quantitative estimate of drug-likeness (QED) is 0.846. The average Bonchev–Trinajstić information content (AvgIpc) is 2.60. The van der Waals surface area contributed by atoms with Crippen molar-refractivity contribution in [1.82, 2.24) is 9.38 Å². The third kappa shape index (κ3) is 2.01. The molecule has 0 saturated carbocycles. The number of ether oxygens (including phenoxy) is 1. The fourth-order valence-corrected chi connectivity index (χ4v) is 1.91. The largest absolute Gasteiger partial charge is 0.469 e. The summed E-state index contributed by atoms with van der Waals surface area (Å²) < 4.78 is 7.21. The van der Waals surface area contributed by atoms with Crippen LogP contribution in [0, 0.1) is 0 Å². The molecule has 0 aliphatic rings. The smallest absolute Gasteiger partial charge is 0.311 e. The number of imidazole rings is 1. The number of pyridine rings is 1. The molecule has 2 heterocycles. The normalized spacial score (nSPS) is 10.6. The minimum Gasteiger partial charge on any atom is -0.469 e. The molecular formula is C10H10BrN3O2. The lowest BCUT2D eigenvalue weighted by Crippen LogP contribution is -2.04. The van der Waals surface area contributed by atoms with E-state index in [1.807, 2.05) is 6.20 Å². The Balaban J connectivity index is 2.44. The van der Waals surface area contributed by atoms with E-state index in [1.54, 1.807) is 16.7 Å². The van der Waals surface area contributed by atoms with Gasteiger partial charge in [0.2, 0.25) is 0 Å². The van der Waals surface area contributed by atoms with Gasteiger partial charge in [0.15, 0.2) is 5.65 Å². The molecule has 0 fully saturated rings. The first kappa shape index (κ1) is 10.9. The Morgan fingerprint density at radius 2 is 2.38 bits per heavy atom. The maximum atomic E-state index is 11.1. The highest BCUT2D eigenvalue weighted by Gasteiger charge is 2.09. The number of nitrogens with two attached hydrogens (primary N) is 1. The van der Waals surface area contributed by atoms with E-state index in [1.165, 1.54) is 7.11 Å². The van der Waals surface area contributed by atoms with Gasteiger partial charge < -0.3 is 14.9 Å². The molecule has 0 amide bonds. The Hall–Kier alpha value is -1.56. The van der Waals surface area contributed by atoms with Crippen LogP contribution < -0.4 is 5.73 Å². The first-order chi connectivity index (χ1) is 7.60. The number of fused-ring (bicyclic) bond motifs is 1. The molecule has 2 N–H and O–H groups in total. The Labute approximate surface area is 100 Å². The van der Waals surface area contributed by atoms with Gasteiger partial charge in [-0.2, -0.15) is 0 Å². The maximum absolute atomic E-state index is 11.1. The number of nitrogens with zero attached hydrogens (tertiary/aromatic N) is 2. The number of rotatable bonds is 2. The monoisotopic (exact) mass is 283 g/mol. The number of methoxy groups -OCH3 is 1. The van der Waals surface area contributed by atoms with Gasteiger partial charge in [0.05, 0.1) is 24.9 Å². The Morgan fingerprint density at radius 1 is 1.62 bits per heavy atom. The van der Waals surface area contributed by atoms with Gasteiger partial charge in [-0.3, -0.25) is 4.79 Å². The van der Waals surface area contributed by atoms with Crippen molar-refractivity contribution >= 4 is 33.2 Å². The van der Waals surface area contributed by atoms with Crippen LogP contribution in [-0.2, 0) is 16.0 Å². The first-order valence-corrected chi connectivity index (χ1v) is 5.39.